The lowest BCUT2D eigenvalue weighted by Crippen LogP contribution is -2.41. The third kappa shape index (κ3) is 5.34. The highest BCUT2D eigenvalue weighted by molar-refractivity contribution is 5.83. The standard InChI is InChI=1S/C22H31N3O2/c1-17(26)25(19-8-4-2-3-5-9-19)15-13-22(27)23-14-12-18-16-24-21-11-7-6-10-20(18)21/h6-7,10-11,16,19,24H,2-5,8-9,12-15H2,1H3,(H,23,27). The predicted molar refractivity (Wildman–Crippen MR) is 109 cm³/mol. The van der Waals surface area contributed by atoms with Crippen molar-refractivity contribution >= 4 is 22.7 Å². The van der Waals surface area contributed by atoms with E-state index in [2.05, 4.69) is 22.4 Å². The van der Waals surface area contributed by atoms with Crippen molar-refractivity contribution in [3.05, 3.63) is 36.0 Å². The zero-order chi connectivity index (χ0) is 19.1. The molecule has 0 atom stereocenters. The van der Waals surface area contributed by atoms with Gasteiger partial charge in [0.15, 0.2) is 0 Å². The van der Waals surface area contributed by atoms with Crippen molar-refractivity contribution in [2.75, 3.05) is 13.1 Å². The maximum absolute atomic E-state index is 12.3. The zero-order valence-electron chi connectivity index (χ0n) is 16.3. The molecule has 0 aliphatic heterocycles. The van der Waals surface area contributed by atoms with Crippen molar-refractivity contribution in [3.63, 3.8) is 0 Å². The third-order valence-corrected chi connectivity index (χ3v) is 5.64. The Labute approximate surface area is 161 Å². The normalized spacial score (nSPS) is 15.4. The molecule has 0 saturated heterocycles. The molecular formula is C22H31N3O2. The van der Waals surface area contributed by atoms with Crippen molar-refractivity contribution in [2.24, 2.45) is 0 Å². The topological polar surface area (TPSA) is 65.2 Å². The van der Waals surface area contributed by atoms with Crippen molar-refractivity contribution in [1.82, 2.24) is 15.2 Å². The molecule has 1 fully saturated rings. The molecule has 2 N–H and O–H groups in total. The molecule has 1 aliphatic rings. The fourth-order valence-electron chi connectivity index (χ4n) is 4.15. The maximum atomic E-state index is 12.3. The van der Waals surface area contributed by atoms with Gasteiger partial charge in [-0.15, -0.1) is 0 Å². The highest BCUT2D eigenvalue weighted by Crippen LogP contribution is 2.22. The van der Waals surface area contributed by atoms with Crippen LogP contribution in [-0.4, -0.2) is 40.8 Å². The van der Waals surface area contributed by atoms with E-state index in [1.807, 2.05) is 23.2 Å². The number of aromatic nitrogens is 1. The van der Waals surface area contributed by atoms with E-state index in [0.717, 1.165) is 24.8 Å². The van der Waals surface area contributed by atoms with Gasteiger partial charge in [0.2, 0.25) is 11.8 Å². The lowest BCUT2D eigenvalue weighted by molar-refractivity contribution is -0.132. The number of H-pyrrole nitrogens is 1. The molecule has 0 spiro atoms. The van der Waals surface area contributed by atoms with Crippen LogP contribution in [0.5, 0.6) is 0 Å². The second-order valence-electron chi connectivity index (χ2n) is 7.57. The van der Waals surface area contributed by atoms with Crippen LogP contribution >= 0.6 is 0 Å². The van der Waals surface area contributed by atoms with E-state index in [0.29, 0.717) is 25.6 Å². The van der Waals surface area contributed by atoms with Crippen molar-refractivity contribution < 1.29 is 9.59 Å². The van der Waals surface area contributed by atoms with Crippen molar-refractivity contribution in [3.8, 4) is 0 Å². The number of nitrogens with one attached hydrogen (secondary N) is 2. The smallest absolute Gasteiger partial charge is 0.221 e. The molecule has 1 aliphatic carbocycles. The van der Waals surface area contributed by atoms with Gasteiger partial charge in [-0.1, -0.05) is 43.9 Å². The van der Waals surface area contributed by atoms with Crippen LogP contribution < -0.4 is 5.32 Å². The summed E-state index contributed by atoms with van der Waals surface area (Å²) in [6, 6.07) is 8.51. The van der Waals surface area contributed by atoms with Crippen molar-refractivity contribution in [2.45, 2.75) is 64.3 Å². The second kappa shape index (κ2) is 9.58. The Kier molecular flexibility index (Phi) is 6.91. The van der Waals surface area contributed by atoms with E-state index in [9.17, 15) is 9.59 Å². The average Bonchev–Trinajstić information content (AvgIpc) is 2.87. The van der Waals surface area contributed by atoms with Crippen LogP contribution in [0, 0.1) is 0 Å². The van der Waals surface area contributed by atoms with E-state index in [4.69, 9.17) is 0 Å². The van der Waals surface area contributed by atoms with E-state index in [-0.39, 0.29) is 11.8 Å². The van der Waals surface area contributed by atoms with Gasteiger partial charge in [0.05, 0.1) is 0 Å². The molecule has 0 radical (unpaired) electrons. The fourth-order valence-corrected chi connectivity index (χ4v) is 4.15. The second-order valence-corrected chi connectivity index (χ2v) is 7.57. The van der Waals surface area contributed by atoms with Crippen LogP contribution in [0.3, 0.4) is 0 Å². The van der Waals surface area contributed by atoms with Gasteiger partial charge in [0, 0.05) is 49.6 Å². The van der Waals surface area contributed by atoms with E-state index in [1.54, 1.807) is 6.92 Å². The minimum absolute atomic E-state index is 0.0229. The number of para-hydroxylation sites is 1. The number of hydrogen-bond acceptors (Lipinski definition) is 2. The van der Waals surface area contributed by atoms with Gasteiger partial charge in [-0.2, -0.15) is 0 Å². The summed E-state index contributed by atoms with van der Waals surface area (Å²) in [5, 5.41) is 4.22. The predicted octanol–water partition coefficient (Wildman–Crippen LogP) is 3.79. The van der Waals surface area contributed by atoms with Crippen LogP contribution in [0.25, 0.3) is 10.9 Å². The van der Waals surface area contributed by atoms with Gasteiger partial charge < -0.3 is 15.2 Å². The molecule has 0 bridgehead atoms. The number of nitrogens with zero attached hydrogens (tertiary/aromatic N) is 1. The minimum atomic E-state index is 0.0229. The molecule has 3 rings (SSSR count). The minimum Gasteiger partial charge on any atom is -0.361 e. The van der Waals surface area contributed by atoms with Crippen LogP contribution in [0.15, 0.2) is 30.5 Å². The average molecular weight is 370 g/mol. The number of fused-ring (bicyclic) bond motifs is 1. The summed E-state index contributed by atoms with van der Waals surface area (Å²) in [4.78, 5) is 29.5. The third-order valence-electron chi connectivity index (χ3n) is 5.64. The number of aromatic amines is 1. The first kappa shape index (κ1) is 19.5. The Morgan fingerprint density at radius 3 is 2.63 bits per heavy atom. The fraction of sp³-hybridized carbons (Fsp3) is 0.545. The summed E-state index contributed by atoms with van der Waals surface area (Å²) in [6.07, 6.45) is 10.2. The Morgan fingerprint density at radius 1 is 1.15 bits per heavy atom. The molecule has 2 amide bonds. The SMILES string of the molecule is CC(=O)N(CCC(=O)NCCc1c[nH]c2ccccc12)C1CCCCCC1. The number of hydrogen-bond donors (Lipinski definition) is 2. The Balaban J connectivity index is 1.44. The number of rotatable bonds is 7. The first-order valence-corrected chi connectivity index (χ1v) is 10.2. The van der Waals surface area contributed by atoms with E-state index in [1.165, 1.54) is 36.6 Å². The Hall–Kier alpha value is -2.30. The van der Waals surface area contributed by atoms with Crippen LogP contribution in [0.1, 0.15) is 57.4 Å². The molecule has 1 saturated carbocycles. The van der Waals surface area contributed by atoms with Crippen LogP contribution in [0.2, 0.25) is 0 Å². The highest BCUT2D eigenvalue weighted by Gasteiger charge is 2.22. The molecule has 0 unspecified atom stereocenters. The summed E-state index contributed by atoms with van der Waals surface area (Å²) in [5.41, 5.74) is 2.34. The summed E-state index contributed by atoms with van der Waals surface area (Å²) < 4.78 is 0. The monoisotopic (exact) mass is 369 g/mol. The first-order chi connectivity index (χ1) is 13.1. The molecule has 1 aromatic carbocycles. The highest BCUT2D eigenvalue weighted by atomic mass is 16.2. The van der Waals surface area contributed by atoms with Gasteiger partial charge in [0.1, 0.15) is 0 Å². The largest absolute Gasteiger partial charge is 0.361 e. The number of benzene rings is 1. The van der Waals surface area contributed by atoms with Gasteiger partial charge in [0.25, 0.3) is 0 Å². The first-order valence-electron chi connectivity index (χ1n) is 10.2. The zero-order valence-corrected chi connectivity index (χ0v) is 16.3. The molecule has 27 heavy (non-hydrogen) atoms. The molecule has 5 heteroatoms. The molecule has 2 aromatic rings. The van der Waals surface area contributed by atoms with E-state index < -0.39 is 0 Å². The Bertz CT molecular complexity index is 760. The molecule has 5 nitrogen and oxygen atoms in total. The van der Waals surface area contributed by atoms with Gasteiger partial charge in [-0.05, 0) is 30.9 Å². The number of carbonyl (C=O) groups excluding carboxylic acids is 2. The van der Waals surface area contributed by atoms with Crippen molar-refractivity contribution in [1.29, 1.82) is 0 Å². The molecule has 1 heterocycles. The molecule has 1 aromatic heterocycles. The summed E-state index contributed by atoms with van der Waals surface area (Å²) in [7, 11) is 0. The summed E-state index contributed by atoms with van der Waals surface area (Å²) in [6.45, 7) is 2.77. The number of carbonyl (C=O) groups is 2. The lowest BCUT2D eigenvalue weighted by atomic mass is 10.1. The van der Waals surface area contributed by atoms with E-state index >= 15 is 0 Å². The molecule has 146 valence electrons. The number of amides is 2. The van der Waals surface area contributed by atoms with Gasteiger partial charge >= 0.3 is 0 Å². The van der Waals surface area contributed by atoms with Gasteiger partial charge in [-0.25, -0.2) is 0 Å². The Morgan fingerprint density at radius 2 is 1.89 bits per heavy atom. The maximum Gasteiger partial charge on any atom is 0.221 e. The van der Waals surface area contributed by atoms with Crippen LogP contribution in [0.4, 0.5) is 0 Å². The van der Waals surface area contributed by atoms with Crippen LogP contribution in [-0.2, 0) is 16.0 Å². The lowest BCUT2D eigenvalue weighted by Gasteiger charge is -2.30. The summed E-state index contributed by atoms with van der Waals surface area (Å²) >= 11 is 0. The quantitative estimate of drug-likeness (QED) is 0.729. The molecular weight excluding hydrogens is 338 g/mol. The summed E-state index contributed by atoms with van der Waals surface area (Å²) in [5.74, 6) is 0.114. The van der Waals surface area contributed by atoms with Gasteiger partial charge in [-0.3, -0.25) is 9.59 Å².